The number of carbonyl (C=O) groups excluding carboxylic acids is 1. The number of rotatable bonds is 6. The van der Waals surface area contributed by atoms with Crippen molar-refractivity contribution in [2.45, 2.75) is 40.7 Å². The maximum absolute atomic E-state index is 12.8. The standard InChI is InChI=1S/C24H27Cl2N5O/c1-5-31-17(4)20(16(3)30-31)12-13-27-24(28-22-11-7-10-21(26)15(22)2)29-23(32)18-8-6-9-19(25)14-18/h6-11,14H,5,12-13H2,1-4H3,(H2,27,28,29,32). The van der Waals surface area contributed by atoms with Crippen LogP contribution in [0.25, 0.3) is 0 Å². The van der Waals surface area contributed by atoms with Gasteiger partial charge in [0.25, 0.3) is 5.91 Å². The highest BCUT2D eigenvalue weighted by atomic mass is 35.5. The van der Waals surface area contributed by atoms with E-state index in [0.717, 1.165) is 29.2 Å². The molecule has 8 heteroatoms. The van der Waals surface area contributed by atoms with Crippen LogP contribution in [0.1, 0.15) is 39.8 Å². The van der Waals surface area contributed by atoms with Gasteiger partial charge in [-0.15, -0.1) is 0 Å². The van der Waals surface area contributed by atoms with Crippen molar-refractivity contribution in [1.82, 2.24) is 15.1 Å². The molecule has 3 rings (SSSR count). The third-order valence-corrected chi connectivity index (χ3v) is 5.95. The first-order valence-electron chi connectivity index (χ1n) is 10.5. The van der Waals surface area contributed by atoms with E-state index in [1.165, 1.54) is 5.56 Å². The van der Waals surface area contributed by atoms with Crippen LogP contribution in [0.4, 0.5) is 5.69 Å². The van der Waals surface area contributed by atoms with Gasteiger partial charge < -0.3 is 5.32 Å². The average Bonchev–Trinajstić information content (AvgIpc) is 3.04. The summed E-state index contributed by atoms with van der Waals surface area (Å²) >= 11 is 12.3. The van der Waals surface area contributed by atoms with Crippen molar-refractivity contribution in [2.75, 3.05) is 11.9 Å². The molecule has 6 nitrogen and oxygen atoms in total. The Balaban J connectivity index is 1.83. The zero-order valence-electron chi connectivity index (χ0n) is 18.7. The van der Waals surface area contributed by atoms with Gasteiger partial charge in [-0.1, -0.05) is 35.3 Å². The Bertz CT molecular complexity index is 1150. The Morgan fingerprint density at radius 1 is 1.12 bits per heavy atom. The van der Waals surface area contributed by atoms with Crippen LogP contribution in [0.15, 0.2) is 47.5 Å². The SMILES string of the molecule is CCn1nc(C)c(CCN=C(NC(=O)c2cccc(Cl)c2)Nc2cccc(Cl)c2C)c1C. The maximum Gasteiger partial charge on any atom is 0.258 e. The summed E-state index contributed by atoms with van der Waals surface area (Å²) in [6, 6.07) is 12.3. The molecule has 0 aliphatic heterocycles. The van der Waals surface area contributed by atoms with Gasteiger partial charge in [0, 0.05) is 40.1 Å². The van der Waals surface area contributed by atoms with E-state index in [0.29, 0.717) is 34.5 Å². The third-order valence-electron chi connectivity index (χ3n) is 5.30. The Labute approximate surface area is 198 Å². The smallest absolute Gasteiger partial charge is 0.258 e. The van der Waals surface area contributed by atoms with Crippen molar-refractivity contribution in [3.8, 4) is 0 Å². The molecular weight excluding hydrogens is 445 g/mol. The molecule has 0 saturated heterocycles. The van der Waals surface area contributed by atoms with Gasteiger partial charge in [0.1, 0.15) is 0 Å². The highest BCUT2D eigenvalue weighted by molar-refractivity contribution is 6.32. The molecule has 2 aromatic carbocycles. The molecule has 0 aliphatic carbocycles. The second-order valence-electron chi connectivity index (χ2n) is 7.45. The summed E-state index contributed by atoms with van der Waals surface area (Å²) in [5.41, 5.74) is 5.41. The maximum atomic E-state index is 12.8. The number of aryl methyl sites for hydroxylation is 2. The molecule has 1 aromatic heterocycles. The number of nitrogens with zero attached hydrogens (tertiary/aromatic N) is 3. The second-order valence-corrected chi connectivity index (χ2v) is 8.29. The molecule has 168 valence electrons. The van der Waals surface area contributed by atoms with Gasteiger partial charge in [0.2, 0.25) is 5.96 Å². The van der Waals surface area contributed by atoms with Crippen LogP contribution in [-0.4, -0.2) is 28.2 Å². The number of aromatic nitrogens is 2. The minimum Gasteiger partial charge on any atom is -0.326 e. The molecule has 3 aromatic rings. The van der Waals surface area contributed by atoms with Crippen LogP contribution in [-0.2, 0) is 13.0 Å². The topological polar surface area (TPSA) is 71.3 Å². The van der Waals surface area contributed by atoms with E-state index in [2.05, 4.69) is 34.6 Å². The molecule has 0 aliphatic rings. The number of nitrogens with one attached hydrogen (secondary N) is 2. The minimum absolute atomic E-state index is 0.301. The van der Waals surface area contributed by atoms with E-state index < -0.39 is 0 Å². The fraction of sp³-hybridized carbons (Fsp3) is 0.292. The molecule has 2 N–H and O–H groups in total. The van der Waals surface area contributed by atoms with Crippen LogP contribution >= 0.6 is 23.2 Å². The van der Waals surface area contributed by atoms with E-state index in [-0.39, 0.29) is 5.91 Å². The predicted molar refractivity (Wildman–Crippen MR) is 132 cm³/mol. The van der Waals surface area contributed by atoms with Crippen molar-refractivity contribution >= 4 is 40.8 Å². The summed E-state index contributed by atoms with van der Waals surface area (Å²) in [6.45, 7) is 9.36. The molecule has 1 heterocycles. The molecule has 32 heavy (non-hydrogen) atoms. The fourth-order valence-electron chi connectivity index (χ4n) is 3.47. The van der Waals surface area contributed by atoms with Crippen LogP contribution in [0.2, 0.25) is 10.0 Å². The number of hydrogen-bond donors (Lipinski definition) is 2. The number of halogens is 2. The molecule has 0 radical (unpaired) electrons. The Morgan fingerprint density at radius 3 is 2.56 bits per heavy atom. The summed E-state index contributed by atoms with van der Waals surface area (Å²) < 4.78 is 1.99. The number of benzene rings is 2. The van der Waals surface area contributed by atoms with E-state index in [4.69, 9.17) is 23.2 Å². The quantitative estimate of drug-likeness (QED) is 0.364. The Kier molecular flexibility index (Phi) is 7.94. The number of hydrogen-bond acceptors (Lipinski definition) is 3. The monoisotopic (exact) mass is 471 g/mol. The molecule has 0 atom stereocenters. The van der Waals surface area contributed by atoms with Crippen LogP contribution < -0.4 is 10.6 Å². The lowest BCUT2D eigenvalue weighted by Gasteiger charge is -2.14. The van der Waals surface area contributed by atoms with Gasteiger partial charge in [-0.3, -0.25) is 19.8 Å². The summed E-state index contributed by atoms with van der Waals surface area (Å²) in [4.78, 5) is 17.5. The van der Waals surface area contributed by atoms with Gasteiger partial charge in [0.15, 0.2) is 0 Å². The number of guanidine groups is 1. The van der Waals surface area contributed by atoms with Crippen molar-refractivity contribution in [3.63, 3.8) is 0 Å². The number of anilines is 1. The van der Waals surface area contributed by atoms with Gasteiger partial charge in [-0.2, -0.15) is 5.10 Å². The third kappa shape index (κ3) is 5.69. The number of carbonyl (C=O) groups is 1. The molecule has 0 bridgehead atoms. The van der Waals surface area contributed by atoms with E-state index >= 15 is 0 Å². The molecule has 0 unspecified atom stereocenters. The van der Waals surface area contributed by atoms with Gasteiger partial charge >= 0.3 is 0 Å². The lowest BCUT2D eigenvalue weighted by Crippen LogP contribution is -2.36. The van der Waals surface area contributed by atoms with Crippen molar-refractivity contribution in [2.24, 2.45) is 4.99 Å². The van der Waals surface area contributed by atoms with E-state index in [1.54, 1.807) is 24.3 Å². The second kappa shape index (κ2) is 10.7. The Morgan fingerprint density at radius 2 is 1.88 bits per heavy atom. The van der Waals surface area contributed by atoms with Crippen LogP contribution in [0.3, 0.4) is 0 Å². The fourth-order valence-corrected chi connectivity index (χ4v) is 3.84. The first-order valence-corrected chi connectivity index (χ1v) is 11.2. The van der Waals surface area contributed by atoms with Crippen molar-refractivity contribution < 1.29 is 4.79 Å². The first kappa shape index (κ1) is 23.8. The zero-order chi connectivity index (χ0) is 23.3. The van der Waals surface area contributed by atoms with E-state index in [1.807, 2.05) is 36.7 Å². The predicted octanol–water partition coefficient (Wildman–Crippen LogP) is 5.58. The van der Waals surface area contributed by atoms with Gasteiger partial charge in [0.05, 0.1) is 5.69 Å². The molecule has 0 spiro atoms. The van der Waals surface area contributed by atoms with Gasteiger partial charge in [-0.05, 0) is 75.6 Å². The summed E-state index contributed by atoms with van der Waals surface area (Å²) in [6.07, 6.45) is 0.713. The zero-order valence-corrected chi connectivity index (χ0v) is 20.2. The van der Waals surface area contributed by atoms with Crippen molar-refractivity contribution in [1.29, 1.82) is 0 Å². The molecule has 0 fully saturated rings. The number of amides is 1. The first-order chi connectivity index (χ1) is 15.3. The lowest BCUT2D eigenvalue weighted by atomic mass is 10.1. The summed E-state index contributed by atoms with van der Waals surface area (Å²) in [5, 5.41) is 11.8. The van der Waals surface area contributed by atoms with Crippen LogP contribution in [0, 0.1) is 20.8 Å². The highest BCUT2D eigenvalue weighted by Gasteiger charge is 2.13. The van der Waals surface area contributed by atoms with Gasteiger partial charge in [-0.25, -0.2) is 0 Å². The normalized spacial score (nSPS) is 11.5. The largest absolute Gasteiger partial charge is 0.326 e. The molecular formula is C24H27Cl2N5O. The van der Waals surface area contributed by atoms with Crippen LogP contribution in [0.5, 0.6) is 0 Å². The lowest BCUT2D eigenvalue weighted by molar-refractivity contribution is 0.0977. The average molecular weight is 472 g/mol. The Hall–Kier alpha value is -2.83. The highest BCUT2D eigenvalue weighted by Crippen LogP contribution is 2.23. The molecule has 0 saturated carbocycles. The minimum atomic E-state index is -0.301. The number of aliphatic imine (C=N–C) groups is 1. The van der Waals surface area contributed by atoms with E-state index in [9.17, 15) is 4.79 Å². The van der Waals surface area contributed by atoms with Crippen molar-refractivity contribution in [3.05, 3.63) is 80.6 Å². The summed E-state index contributed by atoms with van der Waals surface area (Å²) in [5.74, 6) is 0.0446. The summed E-state index contributed by atoms with van der Waals surface area (Å²) in [7, 11) is 0. The molecule has 1 amide bonds.